The van der Waals surface area contributed by atoms with Crippen LogP contribution < -0.4 is 4.74 Å². The van der Waals surface area contributed by atoms with Gasteiger partial charge in [-0.3, -0.25) is 0 Å². The summed E-state index contributed by atoms with van der Waals surface area (Å²) < 4.78 is 18.0. The van der Waals surface area contributed by atoms with Gasteiger partial charge in [0.15, 0.2) is 23.1 Å². The Morgan fingerprint density at radius 2 is 2.07 bits per heavy atom. The van der Waals surface area contributed by atoms with E-state index in [2.05, 4.69) is 4.74 Å². The maximum atomic E-state index is 13.4. The number of ether oxygens (including phenoxy) is 1. The van der Waals surface area contributed by atoms with Crippen LogP contribution in [0.5, 0.6) is 17.2 Å². The van der Waals surface area contributed by atoms with E-state index in [9.17, 15) is 14.6 Å². The third kappa shape index (κ3) is 1.72. The molecule has 0 aliphatic carbocycles. The highest BCUT2D eigenvalue weighted by Crippen LogP contribution is 2.36. The molecule has 0 aliphatic rings. The molecule has 0 amide bonds. The Morgan fingerprint density at radius 3 is 2.57 bits per heavy atom. The number of phenolic OH excluding ortho intramolecular Hbond substituents is 2. The lowest BCUT2D eigenvalue weighted by Crippen LogP contribution is -1.99. The molecular formula is C9H11FO4. The number of aromatic hydroxyl groups is 2. The fraction of sp³-hybridized carbons (Fsp3) is 0.333. The zero-order valence-electron chi connectivity index (χ0n) is 7.62. The van der Waals surface area contributed by atoms with Gasteiger partial charge >= 0.3 is 0 Å². The summed E-state index contributed by atoms with van der Waals surface area (Å²) in [7, 11) is 1.25. The molecular weight excluding hydrogens is 191 g/mol. The number of aliphatic hydroxyl groups is 1. The normalized spacial score (nSPS) is 10.2. The molecule has 0 saturated heterocycles. The Kier molecular flexibility index (Phi) is 3.14. The Balaban J connectivity index is 3.29. The predicted octanol–water partition coefficient (Wildman–Crippen LogP) is 0.780. The van der Waals surface area contributed by atoms with Gasteiger partial charge in [-0.1, -0.05) is 0 Å². The van der Waals surface area contributed by atoms with E-state index in [1.165, 1.54) is 7.11 Å². The van der Waals surface area contributed by atoms with Crippen molar-refractivity contribution >= 4 is 0 Å². The second-order valence-electron chi connectivity index (χ2n) is 2.71. The summed E-state index contributed by atoms with van der Waals surface area (Å²) in [6.07, 6.45) is -0.0809. The first-order chi connectivity index (χ1) is 6.61. The van der Waals surface area contributed by atoms with Gasteiger partial charge in [-0.05, 0) is 0 Å². The highest BCUT2D eigenvalue weighted by atomic mass is 19.1. The molecule has 1 aromatic rings. The van der Waals surface area contributed by atoms with Crippen molar-refractivity contribution in [2.24, 2.45) is 0 Å². The van der Waals surface area contributed by atoms with Crippen LogP contribution in [0.1, 0.15) is 5.56 Å². The molecule has 0 aromatic heterocycles. The lowest BCUT2D eigenvalue weighted by Gasteiger charge is -2.10. The summed E-state index contributed by atoms with van der Waals surface area (Å²) in [4.78, 5) is 0. The van der Waals surface area contributed by atoms with Crippen molar-refractivity contribution in [3.8, 4) is 17.2 Å². The SMILES string of the molecule is COc1cc(O)c(O)c(CCO)c1F. The fourth-order valence-electron chi connectivity index (χ4n) is 1.15. The first kappa shape index (κ1) is 10.6. The number of aliphatic hydroxyl groups excluding tert-OH is 1. The van der Waals surface area contributed by atoms with Crippen LogP contribution in [-0.2, 0) is 6.42 Å². The molecule has 0 bridgehead atoms. The average Bonchev–Trinajstić information content (AvgIpc) is 2.18. The number of benzene rings is 1. The van der Waals surface area contributed by atoms with Crippen LogP contribution in [0.3, 0.4) is 0 Å². The number of phenols is 2. The molecule has 1 aromatic carbocycles. The smallest absolute Gasteiger partial charge is 0.172 e. The van der Waals surface area contributed by atoms with E-state index in [1.807, 2.05) is 0 Å². The standard InChI is InChI=1S/C9H11FO4/c1-14-7-4-6(12)9(13)5(2-3-11)8(7)10/h4,11-13H,2-3H2,1H3. The molecule has 0 saturated carbocycles. The highest BCUT2D eigenvalue weighted by Gasteiger charge is 2.17. The predicted molar refractivity (Wildman–Crippen MR) is 47.1 cm³/mol. The third-order valence-electron chi connectivity index (χ3n) is 1.86. The molecule has 78 valence electrons. The second-order valence-corrected chi connectivity index (χ2v) is 2.71. The Hall–Kier alpha value is -1.49. The largest absolute Gasteiger partial charge is 0.504 e. The summed E-state index contributed by atoms with van der Waals surface area (Å²) in [5, 5.41) is 27.1. The lowest BCUT2D eigenvalue weighted by atomic mass is 10.1. The summed E-state index contributed by atoms with van der Waals surface area (Å²) in [5.74, 6) is -1.95. The molecule has 4 nitrogen and oxygen atoms in total. The maximum absolute atomic E-state index is 13.4. The molecule has 0 fully saturated rings. The van der Waals surface area contributed by atoms with Gasteiger partial charge in [0, 0.05) is 24.7 Å². The molecule has 5 heteroatoms. The van der Waals surface area contributed by atoms with Gasteiger partial charge in [0.05, 0.1) is 7.11 Å². The van der Waals surface area contributed by atoms with Crippen LogP contribution in [0.15, 0.2) is 6.07 Å². The monoisotopic (exact) mass is 202 g/mol. The highest BCUT2D eigenvalue weighted by molar-refractivity contribution is 5.51. The maximum Gasteiger partial charge on any atom is 0.172 e. The van der Waals surface area contributed by atoms with Crippen LogP contribution in [0, 0.1) is 5.82 Å². The van der Waals surface area contributed by atoms with Crippen LogP contribution in [0.25, 0.3) is 0 Å². The average molecular weight is 202 g/mol. The van der Waals surface area contributed by atoms with E-state index in [0.29, 0.717) is 0 Å². The number of methoxy groups -OCH3 is 1. The second kappa shape index (κ2) is 4.15. The van der Waals surface area contributed by atoms with Crippen molar-refractivity contribution < 1.29 is 24.4 Å². The molecule has 0 atom stereocenters. The number of hydrogen-bond donors (Lipinski definition) is 3. The molecule has 14 heavy (non-hydrogen) atoms. The van der Waals surface area contributed by atoms with Gasteiger partial charge in [-0.15, -0.1) is 0 Å². The van der Waals surface area contributed by atoms with Crippen molar-refractivity contribution in [1.82, 2.24) is 0 Å². The minimum Gasteiger partial charge on any atom is -0.504 e. The molecule has 3 N–H and O–H groups in total. The fourth-order valence-corrected chi connectivity index (χ4v) is 1.15. The summed E-state index contributed by atoms with van der Waals surface area (Å²) in [6.45, 7) is -0.322. The Morgan fingerprint density at radius 1 is 1.43 bits per heavy atom. The van der Waals surface area contributed by atoms with Gasteiger partial charge in [-0.25, -0.2) is 4.39 Å². The molecule has 0 heterocycles. The Bertz CT molecular complexity index is 338. The van der Waals surface area contributed by atoms with Crippen molar-refractivity contribution in [3.05, 3.63) is 17.4 Å². The van der Waals surface area contributed by atoms with Crippen molar-refractivity contribution in [2.75, 3.05) is 13.7 Å². The first-order valence-electron chi connectivity index (χ1n) is 4.00. The molecule has 0 radical (unpaired) electrons. The van der Waals surface area contributed by atoms with Gasteiger partial charge in [0.25, 0.3) is 0 Å². The zero-order chi connectivity index (χ0) is 10.7. The lowest BCUT2D eigenvalue weighted by molar-refractivity contribution is 0.291. The van der Waals surface area contributed by atoms with E-state index in [0.717, 1.165) is 6.07 Å². The van der Waals surface area contributed by atoms with Crippen LogP contribution in [-0.4, -0.2) is 29.0 Å². The van der Waals surface area contributed by atoms with Gasteiger partial charge in [0.2, 0.25) is 0 Å². The number of rotatable bonds is 3. The van der Waals surface area contributed by atoms with Crippen LogP contribution in [0.2, 0.25) is 0 Å². The topological polar surface area (TPSA) is 69.9 Å². The first-order valence-corrected chi connectivity index (χ1v) is 4.00. The molecule has 1 rings (SSSR count). The van der Waals surface area contributed by atoms with Crippen molar-refractivity contribution in [2.45, 2.75) is 6.42 Å². The molecule has 0 aliphatic heterocycles. The minimum absolute atomic E-state index is 0.0809. The number of hydrogen-bond acceptors (Lipinski definition) is 4. The quantitative estimate of drug-likeness (QED) is 0.633. The van der Waals surface area contributed by atoms with E-state index < -0.39 is 17.3 Å². The van der Waals surface area contributed by atoms with E-state index >= 15 is 0 Å². The molecule has 0 unspecified atom stereocenters. The van der Waals surface area contributed by atoms with E-state index in [1.54, 1.807) is 0 Å². The van der Waals surface area contributed by atoms with Crippen LogP contribution in [0.4, 0.5) is 4.39 Å². The van der Waals surface area contributed by atoms with Crippen LogP contribution >= 0.6 is 0 Å². The van der Waals surface area contributed by atoms with Crippen molar-refractivity contribution in [3.63, 3.8) is 0 Å². The summed E-state index contributed by atoms with van der Waals surface area (Å²) in [6, 6.07) is 0.978. The van der Waals surface area contributed by atoms with E-state index in [4.69, 9.17) is 5.11 Å². The minimum atomic E-state index is -0.767. The third-order valence-corrected chi connectivity index (χ3v) is 1.86. The van der Waals surface area contributed by atoms with Gasteiger partial charge in [-0.2, -0.15) is 0 Å². The summed E-state index contributed by atoms with van der Waals surface area (Å²) >= 11 is 0. The van der Waals surface area contributed by atoms with Crippen molar-refractivity contribution in [1.29, 1.82) is 0 Å². The number of halogens is 1. The molecule has 0 spiro atoms. The zero-order valence-corrected chi connectivity index (χ0v) is 7.62. The van der Waals surface area contributed by atoms with E-state index in [-0.39, 0.29) is 24.3 Å². The van der Waals surface area contributed by atoms with Gasteiger partial charge in [0.1, 0.15) is 0 Å². The summed E-state index contributed by atoms with van der Waals surface area (Å²) in [5.41, 5.74) is -0.149. The van der Waals surface area contributed by atoms with Gasteiger partial charge < -0.3 is 20.1 Å². The Labute approximate surface area is 80.2 Å².